The van der Waals surface area contributed by atoms with Gasteiger partial charge in [-0.05, 0) is 90.5 Å². The topological polar surface area (TPSA) is 47.6 Å². The van der Waals surface area contributed by atoms with E-state index in [1.54, 1.807) is 0 Å². The van der Waals surface area contributed by atoms with Crippen LogP contribution in [0, 0.1) is 0 Å². The number of allylic oxidation sites excluding steroid dienone is 2. The number of rotatable bonds is 7. The molecule has 0 saturated heterocycles. The van der Waals surface area contributed by atoms with Crippen LogP contribution in [0.2, 0.25) is 0 Å². The van der Waals surface area contributed by atoms with Gasteiger partial charge in [-0.1, -0.05) is 116 Å². The van der Waals surface area contributed by atoms with Crippen molar-refractivity contribution < 1.29 is 13.3 Å². The highest BCUT2D eigenvalue weighted by Gasteiger charge is 2.28. The Morgan fingerprint density at radius 3 is 1.61 bits per heavy atom. The number of benzene rings is 8. The number of hydrogen-bond donors (Lipinski definition) is 0. The van der Waals surface area contributed by atoms with Gasteiger partial charge in [0.2, 0.25) is 0 Å². The van der Waals surface area contributed by atoms with E-state index < -0.39 is 0 Å². The molecule has 5 nitrogen and oxygen atoms in total. The molecule has 0 spiro atoms. The van der Waals surface area contributed by atoms with Crippen molar-refractivity contribution in [3.8, 4) is 5.69 Å². The lowest BCUT2D eigenvalue weighted by Crippen LogP contribution is -2.11. The summed E-state index contributed by atoms with van der Waals surface area (Å²) in [5.41, 5.74) is 12.3. The van der Waals surface area contributed by atoms with Crippen LogP contribution in [0.15, 0.2) is 214 Å². The molecule has 8 aromatic carbocycles. The maximum absolute atomic E-state index is 7.06. The van der Waals surface area contributed by atoms with Crippen LogP contribution in [-0.2, 0) is 0 Å². The van der Waals surface area contributed by atoms with Crippen molar-refractivity contribution in [2.24, 2.45) is 0 Å². The fourth-order valence-corrected chi connectivity index (χ4v) is 8.96. The Kier molecular flexibility index (Phi) is 7.31. The van der Waals surface area contributed by atoms with E-state index in [0.717, 1.165) is 106 Å². The maximum Gasteiger partial charge on any atom is 0.160 e. The van der Waals surface area contributed by atoms with Crippen molar-refractivity contribution >= 4 is 99.3 Å². The Hall–Kier alpha value is -8.02. The predicted molar refractivity (Wildman–Crippen MR) is 244 cm³/mol. The van der Waals surface area contributed by atoms with E-state index in [2.05, 4.69) is 168 Å². The van der Waals surface area contributed by atoms with Crippen LogP contribution in [-0.4, -0.2) is 4.57 Å². The first-order valence-corrected chi connectivity index (χ1v) is 19.8. The van der Waals surface area contributed by atoms with Crippen molar-refractivity contribution in [2.45, 2.75) is 0 Å². The van der Waals surface area contributed by atoms with E-state index in [1.165, 1.54) is 10.8 Å². The zero-order valence-electron chi connectivity index (χ0n) is 31.8. The molecule has 0 fully saturated rings. The van der Waals surface area contributed by atoms with E-state index in [-0.39, 0.29) is 0 Å². The summed E-state index contributed by atoms with van der Waals surface area (Å²) in [7, 11) is 0. The number of hydrogen-bond acceptors (Lipinski definition) is 4. The second-order valence-electron chi connectivity index (χ2n) is 14.9. The molecule has 4 aromatic heterocycles. The zero-order valence-corrected chi connectivity index (χ0v) is 31.8. The summed E-state index contributed by atoms with van der Waals surface area (Å²) in [6, 6.07) is 63.5. The second-order valence-corrected chi connectivity index (χ2v) is 14.9. The number of nitrogens with zero attached hydrogens (tertiary/aromatic N) is 2. The van der Waals surface area contributed by atoms with E-state index in [4.69, 9.17) is 13.3 Å². The van der Waals surface area contributed by atoms with Crippen LogP contribution in [0.5, 0.6) is 0 Å². The van der Waals surface area contributed by atoms with Crippen molar-refractivity contribution in [1.29, 1.82) is 0 Å². The molecule has 0 unspecified atom stereocenters. The van der Waals surface area contributed by atoms with Crippen LogP contribution in [0.1, 0.15) is 11.3 Å². The van der Waals surface area contributed by atoms with Gasteiger partial charge < -0.3 is 22.7 Å². The molecule has 0 atom stereocenters. The van der Waals surface area contributed by atoms with Gasteiger partial charge in [-0.3, -0.25) is 0 Å². The fourth-order valence-electron chi connectivity index (χ4n) is 8.96. The lowest BCUT2D eigenvalue weighted by atomic mass is 9.98. The molecule has 0 bridgehead atoms. The third-order valence-corrected chi connectivity index (χ3v) is 11.6. The third-order valence-electron chi connectivity index (χ3n) is 11.6. The Morgan fingerprint density at radius 2 is 0.966 bits per heavy atom. The zero-order chi connectivity index (χ0) is 39.0. The standard InChI is InChI=1S/C54H34N2O3/c1-2-14-38(34-25-28-40-39-17-6-10-21-46(39)56(47(40)31-34)35-15-4-3-5-16-35)54-53(43-20-9-13-24-50(43)59-54)55(36-26-29-51-44(32-36)41-18-7-11-22-48(41)57-51)37-27-30-52-45(33-37)42-19-8-12-23-49(42)58-52/h2-33H,1H2/b38-14-. The lowest BCUT2D eigenvalue weighted by molar-refractivity contribution is 0.601. The molecule has 12 rings (SSSR count). The van der Waals surface area contributed by atoms with Gasteiger partial charge in [0, 0.05) is 60.3 Å². The average molecular weight is 759 g/mol. The highest BCUT2D eigenvalue weighted by Crippen LogP contribution is 2.49. The van der Waals surface area contributed by atoms with Crippen molar-refractivity contribution in [3.05, 3.63) is 212 Å². The number of para-hydroxylation sites is 5. The first kappa shape index (κ1) is 33.2. The van der Waals surface area contributed by atoms with E-state index >= 15 is 0 Å². The molecule has 5 heteroatoms. The van der Waals surface area contributed by atoms with Crippen LogP contribution >= 0.6 is 0 Å². The summed E-state index contributed by atoms with van der Waals surface area (Å²) >= 11 is 0. The molecule has 59 heavy (non-hydrogen) atoms. The maximum atomic E-state index is 7.06. The van der Waals surface area contributed by atoms with E-state index in [0.29, 0.717) is 0 Å². The van der Waals surface area contributed by atoms with Crippen LogP contribution in [0.25, 0.3) is 87.9 Å². The number of aromatic nitrogens is 1. The molecule has 0 radical (unpaired) electrons. The van der Waals surface area contributed by atoms with Gasteiger partial charge in [0.15, 0.2) is 5.76 Å². The SMILES string of the molecule is C=C/C=C(/c1ccc2c3ccccc3n(-c3ccccc3)c2c1)c1oc2ccccc2c1N(c1ccc2oc3ccccc3c2c1)c1ccc2oc3ccccc3c2c1. The molecular formula is C54H34N2O3. The summed E-state index contributed by atoms with van der Waals surface area (Å²) in [6.07, 6.45) is 3.91. The van der Waals surface area contributed by atoms with Gasteiger partial charge in [0.05, 0.1) is 11.0 Å². The predicted octanol–water partition coefficient (Wildman–Crippen LogP) is 15.4. The Labute approximate surface area is 338 Å². The van der Waals surface area contributed by atoms with Crippen LogP contribution < -0.4 is 4.90 Å². The summed E-state index contributed by atoms with van der Waals surface area (Å²) < 4.78 is 22.1. The first-order chi connectivity index (χ1) is 29.2. The molecule has 278 valence electrons. The monoisotopic (exact) mass is 758 g/mol. The normalized spacial score (nSPS) is 12.2. The molecule has 0 aliphatic rings. The Morgan fingerprint density at radius 1 is 0.441 bits per heavy atom. The smallest absolute Gasteiger partial charge is 0.160 e. The highest BCUT2D eigenvalue weighted by atomic mass is 16.3. The van der Waals surface area contributed by atoms with Gasteiger partial charge in [-0.15, -0.1) is 0 Å². The van der Waals surface area contributed by atoms with Crippen molar-refractivity contribution in [2.75, 3.05) is 4.90 Å². The lowest BCUT2D eigenvalue weighted by Gasteiger charge is -2.26. The molecule has 0 amide bonds. The number of anilines is 3. The molecule has 4 heterocycles. The molecule has 0 N–H and O–H groups in total. The summed E-state index contributed by atoms with van der Waals surface area (Å²) in [5.74, 6) is 0.724. The quantitative estimate of drug-likeness (QED) is 0.152. The summed E-state index contributed by atoms with van der Waals surface area (Å²) in [4.78, 5) is 2.32. The minimum atomic E-state index is 0.724. The number of furan rings is 3. The molecule has 12 aromatic rings. The molecule has 0 aliphatic heterocycles. The highest BCUT2D eigenvalue weighted by molar-refractivity contribution is 6.13. The van der Waals surface area contributed by atoms with Gasteiger partial charge in [-0.25, -0.2) is 0 Å². The van der Waals surface area contributed by atoms with Crippen molar-refractivity contribution in [1.82, 2.24) is 4.57 Å². The van der Waals surface area contributed by atoms with E-state index in [1.807, 2.05) is 42.5 Å². The Balaban J connectivity index is 1.14. The summed E-state index contributed by atoms with van der Waals surface area (Å²) in [6.45, 7) is 4.22. The third kappa shape index (κ3) is 5.12. The van der Waals surface area contributed by atoms with Crippen LogP contribution in [0.3, 0.4) is 0 Å². The largest absolute Gasteiger partial charge is 0.456 e. The summed E-state index contributed by atoms with van der Waals surface area (Å²) in [5, 5.41) is 7.55. The average Bonchev–Trinajstić information content (AvgIpc) is 4.05. The van der Waals surface area contributed by atoms with Gasteiger partial charge in [-0.2, -0.15) is 0 Å². The van der Waals surface area contributed by atoms with Gasteiger partial charge >= 0.3 is 0 Å². The van der Waals surface area contributed by atoms with Crippen molar-refractivity contribution in [3.63, 3.8) is 0 Å². The fraction of sp³-hybridized carbons (Fsp3) is 0. The first-order valence-electron chi connectivity index (χ1n) is 19.8. The minimum Gasteiger partial charge on any atom is -0.456 e. The van der Waals surface area contributed by atoms with E-state index in [9.17, 15) is 0 Å². The Bertz CT molecular complexity index is 3540. The minimum absolute atomic E-state index is 0.724. The second kappa shape index (κ2) is 13.0. The van der Waals surface area contributed by atoms with Gasteiger partial charge in [0.25, 0.3) is 0 Å². The molecular weight excluding hydrogens is 725 g/mol. The number of fused-ring (bicyclic) bond motifs is 10. The van der Waals surface area contributed by atoms with Gasteiger partial charge in [0.1, 0.15) is 33.6 Å². The molecule has 0 saturated carbocycles. The van der Waals surface area contributed by atoms with Crippen LogP contribution in [0.4, 0.5) is 17.1 Å². The molecule has 0 aliphatic carbocycles.